The molecule has 1 aliphatic heterocycles. The topological polar surface area (TPSA) is 79.0 Å². The number of benzene rings is 2. The van der Waals surface area contributed by atoms with Gasteiger partial charge in [0.25, 0.3) is 5.91 Å². The van der Waals surface area contributed by atoms with Crippen LogP contribution in [0.1, 0.15) is 29.6 Å². The van der Waals surface area contributed by atoms with Crippen molar-refractivity contribution in [3.05, 3.63) is 48.0 Å². The van der Waals surface area contributed by atoms with Crippen molar-refractivity contribution in [2.75, 3.05) is 37.4 Å². The minimum atomic E-state index is -3.67. The van der Waals surface area contributed by atoms with E-state index in [1.807, 2.05) is 0 Å². The van der Waals surface area contributed by atoms with E-state index in [-0.39, 0.29) is 16.2 Å². The van der Waals surface area contributed by atoms with Crippen molar-refractivity contribution in [1.82, 2.24) is 4.31 Å². The lowest BCUT2D eigenvalue weighted by atomic mass is 10.2. The molecule has 0 aliphatic carbocycles. The highest BCUT2D eigenvalue weighted by Gasteiger charge is 2.27. The van der Waals surface area contributed by atoms with E-state index >= 15 is 0 Å². The van der Waals surface area contributed by atoms with Gasteiger partial charge in [-0.15, -0.1) is 0 Å². The van der Waals surface area contributed by atoms with E-state index < -0.39 is 22.5 Å². The van der Waals surface area contributed by atoms with Gasteiger partial charge in [0, 0.05) is 32.7 Å². The standard InChI is InChI=1S/C21H25F2N3O4S/c1-25(2)19-11-10-17(31(28,29)26-12-4-3-5-13-26)14-18(19)24-20(27)15-6-8-16(9-7-15)30-21(22)23/h6-11,14,21H,3-5,12-13H2,1-2H3,(H,24,27). The number of hydrogen-bond donors (Lipinski definition) is 1. The Kier molecular flexibility index (Phi) is 7.11. The van der Waals surface area contributed by atoms with E-state index in [0.717, 1.165) is 19.3 Å². The minimum Gasteiger partial charge on any atom is -0.435 e. The molecule has 31 heavy (non-hydrogen) atoms. The fraction of sp³-hybridized carbons (Fsp3) is 0.381. The number of nitrogens with one attached hydrogen (secondary N) is 1. The maximum atomic E-state index is 13.0. The Morgan fingerprint density at radius 1 is 1.06 bits per heavy atom. The molecule has 0 radical (unpaired) electrons. The molecule has 0 saturated carbocycles. The molecule has 2 aromatic rings. The normalized spacial score (nSPS) is 15.0. The lowest BCUT2D eigenvalue weighted by Gasteiger charge is -2.26. The van der Waals surface area contributed by atoms with Gasteiger partial charge in [-0.3, -0.25) is 4.79 Å². The Hall–Kier alpha value is -2.72. The Balaban J connectivity index is 1.86. The monoisotopic (exact) mass is 453 g/mol. The van der Waals surface area contributed by atoms with Crippen molar-refractivity contribution in [1.29, 1.82) is 0 Å². The first-order valence-electron chi connectivity index (χ1n) is 9.86. The maximum absolute atomic E-state index is 13.0. The van der Waals surface area contributed by atoms with Crippen molar-refractivity contribution in [2.45, 2.75) is 30.8 Å². The van der Waals surface area contributed by atoms with Crippen molar-refractivity contribution < 1.29 is 26.7 Å². The Labute approximate surface area is 180 Å². The predicted octanol–water partition coefficient (Wildman–Crippen LogP) is 3.78. The molecule has 1 saturated heterocycles. The second-order valence-corrected chi connectivity index (χ2v) is 9.33. The molecule has 0 unspecified atom stereocenters. The molecule has 2 aromatic carbocycles. The van der Waals surface area contributed by atoms with E-state index in [0.29, 0.717) is 24.5 Å². The lowest BCUT2D eigenvalue weighted by Crippen LogP contribution is -2.35. The number of amides is 1. The maximum Gasteiger partial charge on any atom is 0.387 e. The second-order valence-electron chi connectivity index (χ2n) is 7.40. The average molecular weight is 454 g/mol. The van der Waals surface area contributed by atoms with Gasteiger partial charge in [-0.1, -0.05) is 6.42 Å². The zero-order valence-electron chi connectivity index (χ0n) is 17.3. The van der Waals surface area contributed by atoms with Gasteiger partial charge in [0.05, 0.1) is 16.3 Å². The summed E-state index contributed by atoms with van der Waals surface area (Å²) >= 11 is 0. The van der Waals surface area contributed by atoms with E-state index in [9.17, 15) is 22.0 Å². The highest BCUT2D eigenvalue weighted by molar-refractivity contribution is 7.89. The van der Waals surface area contributed by atoms with Gasteiger partial charge < -0.3 is 15.0 Å². The van der Waals surface area contributed by atoms with Gasteiger partial charge in [0.1, 0.15) is 5.75 Å². The van der Waals surface area contributed by atoms with Crippen LogP contribution in [0.4, 0.5) is 20.2 Å². The van der Waals surface area contributed by atoms with Crippen molar-refractivity contribution in [3.63, 3.8) is 0 Å². The smallest absolute Gasteiger partial charge is 0.387 e. The van der Waals surface area contributed by atoms with Crippen LogP contribution in [0.15, 0.2) is 47.4 Å². The van der Waals surface area contributed by atoms with Crippen LogP contribution >= 0.6 is 0 Å². The number of ether oxygens (including phenoxy) is 1. The van der Waals surface area contributed by atoms with E-state index in [4.69, 9.17) is 0 Å². The fourth-order valence-corrected chi connectivity index (χ4v) is 4.95. The summed E-state index contributed by atoms with van der Waals surface area (Å²) in [7, 11) is -0.113. The van der Waals surface area contributed by atoms with Gasteiger partial charge in [0.2, 0.25) is 10.0 Å². The third-order valence-corrected chi connectivity index (χ3v) is 6.89. The zero-order chi connectivity index (χ0) is 22.6. The number of anilines is 2. The number of halogens is 2. The first-order chi connectivity index (χ1) is 14.7. The molecule has 3 rings (SSSR count). The van der Waals surface area contributed by atoms with Gasteiger partial charge in [-0.2, -0.15) is 13.1 Å². The molecule has 1 heterocycles. The first kappa shape index (κ1) is 23.0. The number of alkyl halides is 2. The summed E-state index contributed by atoms with van der Waals surface area (Å²) in [4.78, 5) is 14.6. The Bertz CT molecular complexity index is 1020. The molecule has 0 spiro atoms. The van der Waals surface area contributed by atoms with E-state index in [1.54, 1.807) is 25.1 Å². The molecule has 7 nitrogen and oxygen atoms in total. The third-order valence-electron chi connectivity index (χ3n) is 4.99. The number of rotatable bonds is 7. The van der Waals surface area contributed by atoms with Gasteiger partial charge >= 0.3 is 6.61 Å². The van der Waals surface area contributed by atoms with Gasteiger partial charge in [-0.25, -0.2) is 8.42 Å². The minimum absolute atomic E-state index is 0.0600. The first-order valence-corrected chi connectivity index (χ1v) is 11.3. The summed E-state index contributed by atoms with van der Waals surface area (Å²) in [6, 6.07) is 9.88. The van der Waals surface area contributed by atoms with Crippen LogP contribution < -0.4 is 15.0 Å². The van der Waals surface area contributed by atoms with Crippen LogP contribution in [0.2, 0.25) is 0 Å². The summed E-state index contributed by atoms with van der Waals surface area (Å²) in [6.45, 7) is -1.99. The molecule has 1 N–H and O–H groups in total. The summed E-state index contributed by atoms with van der Waals surface area (Å²) in [6.07, 6.45) is 2.65. The SMILES string of the molecule is CN(C)c1ccc(S(=O)(=O)N2CCCCC2)cc1NC(=O)c1ccc(OC(F)F)cc1. The Morgan fingerprint density at radius 2 is 1.71 bits per heavy atom. The molecule has 168 valence electrons. The summed E-state index contributed by atoms with van der Waals surface area (Å²) < 4.78 is 56.4. The molecule has 1 fully saturated rings. The molecule has 1 aliphatic rings. The van der Waals surface area contributed by atoms with Gasteiger partial charge in [-0.05, 0) is 55.3 Å². The number of carbonyl (C=O) groups excluding carboxylic acids is 1. The second kappa shape index (κ2) is 9.61. The highest BCUT2D eigenvalue weighted by atomic mass is 32.2. The summed E-state index contributed by atoms with van der Waals surface area (Å²) in [5, 5.41) is 2.73. The van der Waals surface area contributed by atoms with Crippen molar-refractivity contribution in [3.8, 4) is 5.75 Å². The van der Waals surface area contributed by atoms with Crippen LogP contribution in [0.3, 0.4) is 0 Å². The summed E-state index contributed by atoms with van der Waals surface area (Å²) in [5.74, 6) is -0.561. The fourth-order valence-electron chi connectivity index (χ4n) is 3.40. The number of carbonyl (C=O) groups is 1. The molecule has 0 bridgehead atoms. The quantitative estimate of drug-likeness (QED) is 0.690. The summed E-state index contributed by atoms with van der Waals surface area (Å²) in [5.41, 5.74) is 1.18. The number of piperidine rings is 1. The molecule has 0 aromatic heterocycles. The number of nitrogens with zero attached hydrogens (tertiary/aromatic N) is 2. The third kappa shape index (κ3) is 5.50. The molecule has 0 atom stereocenters. The molecular formula is C21H25F2N3O4S. The lowest BCUT2D eigenvalue weighted by molar-refractivity contribution is -0.0498. The van der Waals surface area contributed by atoms with Gasteiger partial charge in [0.15, 0.2) is 0 Å². The number of hydrogen-bond acceptors (Lipinski definition) is 5. The largest absolute Gasteiger partial charge is 0.435 e. The zero-order valence-corrected chi connectivity index (χ0v) is 18.2. The predicted molar refractivity (Wildman–Crippen MR) is 114 cm³/mol. The highest BCUT2D eigenvalue weighted by Crippen LogP contribution is 2.30. The molecule has 1 amide bonds. The molecular weight excluding hydrogens is 428 g/mol. The Morgan fingerprint density at radius 3 is 2.29 bits per heavy atom. The van der Waals surface area contributed by atoms with Crippen LogP contribution in [-0.2, 0) is 10.0 Å². The van der Waals surface area contributed by atoms with Crippen molar-refractivity contribution >= 4 is 27.3 Å². The molecule has 10 heteroatoms. The van der Waals surface area contributed by atoms with Crippen LogP contribution in [0.5, 0.6) is 5.75 Å². The average Bonchev–Trinajstić information content (AvgIpc) is 2.74. The van der Waals surface area contributed by atoms with Crippen LogP contribution in [0.25, 0.3) is 0 Å². The van der Waals surface area contributed by atoms with E-state index in [2.05, 4.69) is 10.1 Å². The van der Waals surface area contributed by atoms with Crippen LogP contribution in [-0.4, -0.2) is 52.4 Å². The van der Waals surface area contributed by atoms with Crippen LogP contribution in [0, 0.1) is 0 Å². The number of sulfonamides is 1. The van der Waals surface area contributed by atoms with E-state index in [1.165, 1.54) is 40.7 Å². The van der Waals surface area contributed by atoms with Crippen molar-refractivity contribution in [2.24, 2.45) is 0 Å².